The Kier molecular flexibility index (Phi) is 3.85. The Hall–Kier alpha value is -2.30. The van der Waals surface area contributed by atoms with Gasteiger partial charge in [-0.3, -0.25) is 9.78 Å². The first-order valence-corrected chi connectivity index (χ1v) is 6.23. The lowest BCUT2D eigenvalue weighted by Crippen LogP contribution is -2.31. The van der Waals surface area contributed by atoms with Crippen LogP contribution in [-0.4, -0.2) is 35.9 Å². The van der Waals surface area contributed by atoms with Crippen molar-refractivity contribution in [2.75, 3.05) is 31.2 Å². The lowest BCUT2D eigenvalue weighted by atomic mass is 10.1. The summed E-state index contributed by atoms with van der Waals surface area (Å²) in [4.78, 5) is 17.5. The number of fused-ring (bicyclic) bond motifs is 1. The maximum Gasteiger partial charge on any atom is 0.241 e. The smallest absolute Gasteiger partial charge is 0.241 e. The Morgan fingerprint density at radius 3 is 2.89 bits per heavy atom. The van der Waals surface area contributed by atoms with E-state index in [4.69, 9.17) is 5.73 Å². The zero-order valence-corrected chi connectivity index (χ0v) is 11.2. The van der Waals surface area contributed by atoms with Crippen LogP contribution in [0.2, 0.25) is 0 Å². The number of rotatable bonds is 4. The Bertz CT molecular complexity index is 597. The fourth-order valence-electron chi connectivity index (χ4n) is 1.85. The molecule has 0 unspecified atom stereocenters. The van der Waals surface area contributed by atoms with Gasteiger partial charge in [0.1, 0.15) is 0 Å². The van der Waals surface area contributed by atoms with Gasteiger partial charge in [0.25, 0.3) is 0 Å². The number of nitrogens with two attached hydrogens (primary N) is 1. The van der Waals surface area contributed by atoms with Gasteiger partial charge in [-0.2, -0.15) is 0 Å². The lowest BCUT2D eigenvalue weighted by molar-refractivity contribution is -0.127. The van der Waals surface area contributed by atoms with Crippen LogP contribution in [0.25, 0.3) is 10.8 Å². The van der Waals surface area contributed by atoms with Gasteiger partial charge in [0.05, 0.1) is 6.54 Å². The largest absolute Gasteiger partial charge is 0.398 e. The molecule has 0 atom stereocenters. The fourth-order valence-corrected chi connectivity index (χ4v) is 1.85. The summed E-state index contributed by atoms with van der Waals surface area (Å²) in [6, 6.07) is 5.60. The number of hydrogen-bond donors (Lipinski definition) is 2. The average molecular weight is 258 g/mol. The van der Waals surface area contributed by atoms with Crippen molar-refractivity contribution in [2.24, 2.45) is 0 Å². The van der Waals surface area contributed by atoms with Crippen molar-refractivity contribution in [3.05, 3.63) is 30.6 Å². The second-order valence-electron chi connectivity index (χ2n) is 4.39. The standard InChI is InChI=1S/C14H18N4O/c1-3-18(2)14(19)9-17-13-5-4-12(15)11-8-16-7-6-10(11)13/h4-8,17H,3,9,15H2,1-2H3. The SMILES string of the molecule is CCN(C)C(=O)CNc1ccc(N)c2cnccc12. The van der Waals surface area contributed by atoms with Crippen molar-refractivity contribution < 1.29 is 4.79 Å². The number of carbonyl (C=O) groups excluding carboxylic acids is 1. The molecule has 0 aliphatic heterocycles. The van der Waals surface area contributed by atoms with Crippen LogP contribution in [0.3, 0.4) is 0 Å². The third-order valence-electron chi connectivity index (χ3n) is 3.18. The number of nitrogens with zero attached hydrogens (tertiary/aromatic N) is 2. The molecular weight excluding hydrogens is 240 g/mol. The molecule has 0 saturated heterocycles. The number of aromatic nitrogens is 1. The van der Waals surface area contributed by atoms with Crippen LogP contribution in [0, 0.1) is 0 Å². The molecular formula is C14H18N4O. The van der Waals surface area contributed by atoms with E-state index in [0.717, 1.165) is 16.5 Å². The summed E-state index contributed by atoms with van der Waals surface area (Å²) < 4.78 is 0. The van der Waals surface area contributed by atoms with Gasteiger partial charge in [0.2, 0.25) is 5.91 Å². The molecule has 1 amide bonds. The van der Waals surface area contributed by atoms with E-state index in [0.29, 0.717) is 12.2 Å². The number of hydrogen-bond acceptors (Lipinski definition) is 4. The van der Waals surface area contributed by atoms with Crippen molar-refractivity contribution in [1.29, 1.82) is 0 Å². The maximum atomic E-state index is 11.8. The summed E-state index contributed by atoms with van der Waals surface area (Å²) >= 11 is 0. The van der Waals surface area contributed by atoms with Gasteiger partial charge < -0.3 is 16.0 Å². The second kappa shape index (κ2) is 5.56. The highest BCUT2D eigenvalue weighted by Crippen LogP contribution is 2.27. The zero-order valence-electron chi connectivity index (χ0n) is 11.2. The summed E-state index contributed by atoms with van der Waals surface area (Å²) in [5.41, 5.74) is 7.49. The first-order valence-electron chi connectivity index (χ1n) is 6.23. The lowest BCUT2D eigenvalue weighted by Gasteiger charge is -2.16. The summed E-state index contributed by atoms with van der Waals surface area (Å²) in [5.74, 6) is 0.0570. The highest BCUT2D eigenvalue weighted by atomic mass is 16.2. The molecule has 0 aliphatic rings. The number of nitrogen functional groups attached to an aromatic ring is 1. The highest BCUT2D eigenvalue weighted by Gasteiger charge is 2.08. The molecule has 0 saturated carbocycles. The van der Waals surface area contributed by atoms with Crippen LogP contribution in [0.15, 0.2) is 30.6 Å². The predicted molar refractivity (Wildman–Crippen MR) is 78.0 cm³/mol. The molecule has 100 valence electrons. The van der Waals surface area contributed by atoms with Crippen LogP contribution >= 0.6 is 0 Å². The minimum absolute atomic E-state index is 0.0570. The first kappa shape index (κ1) is 13.1. The predicted octanol–water partition coefficient (Wildman–Crippen LogP) is 1.71. The van der Waals surface area contributed by atoms with Gasteiger partial charge in [0.15, 0.2) is 0 Å². The number of anilines is 2. The molecule has 19 heavy (non-hydrogen) atoms. The average Bonchev–Trinajstić information content (AvgIpc) is 2.45. The molecule has 0 fully saturated rings. The molecule has 0 bridgehead atoms. The van der Waals surface area contributed by atoms with Crippen molar-refractivity contribution in [3.8, 4) is 0 Å². The highest BCUT2D eigenvalue weighted by molar-refractivity contribution is 6.01. The maximum absolute atomic E-state index is 11.8. The topological polar surface area (TPSA) is 71.2 Å². The van der Waals surface area contributed by atoms with Gasteiger partial charge in [-0.1, -0.05) is 0 Å². The van der Waals surface area contributed by atoms with Crippen LogP contribution in [-0.2, 0) is 4.79 Å². The third-order valence-corrected chi connectivity index (χ3v) is 3.18. The van der Waals surface area contributed by atoms with Crippen LogP contribution < -0.4 is 11.1 Å². The van der Waals surface area contributed by atoms with Crippen molar-refractivity contribution in [3.63, 3.8) is 0 Å². The summed E-state index contributed by atoms with van der Waals surface area (Å²) in [7, 11) is 1.79. The van der Waals surface area contributed by atoms with E-state index in [1.807, 2.05) is 25.1 Å². The summed E-state index contributed by atoms with van der Waals surface area (Å²) in [5, 5.41) is 5.02. The molecule has 0 radical (unpaired) electrons. The number of nitrogens with one attached hydrogen (secondary N) is 1. The van der Waals surface area contributed by atoms with Crippen LogP contribution in [0.5, 0.6) is 0 Å². The molecule has 1 heterocycles. The molecule has 5 heteroatoms. The number of pyridine rings is 1. The minimum atomic E-state index is 0.0570. The van der Waals surface area contributed by atoms with Gasteiger partial charge in [0, 0.05) is 48.1 Å². The van der Waals surface area contributed by atoms with Crippen molar-refractivity contribution >= 4 is 28.1 Å². The number of benzene rings is 1. The second-order valence-corrected chi connectivity index (χ2v) is 4.39. The van der Waals surface area contributed by atoms with E-state index in [2.05, 4.69) is 10.3 Å². The first-order chi connectivity index (χ1) is 9.13. The Labute approximate surface area is 112 Å². The normalized spacial score (nSPS) is 10.4. The molecule has 3 N–H and O–H groups in total. The van der Waals surface area contributed by atoms with E-state index in [9.17, 15) is 4.79 Å². The van der Waals surface area contributed by atoms with Gasteiger partial charge in [-0.15, -0.1) is 0 Å². The fraction of sp³-hybridized carbons (Fsp3) is 0.286. The van der Waals surface area contributed by atoms with E-state index in [-0.39, 0.29) is 12.5 Å². The van der Waals surface area contributed by atoms with Crippen molar-refractivity contribution in [2.45, 2.75) is 6.92 Å². The summed E-state index contributed by atoms with van der Waals surface area (Å²) in [6.45, 7) is 2.92. The Morgan fingerprint density at radius 1 is 1.37 bits per heavy atom. The molecule has 0 aliphatic carbocycles. The minimum Gasteiger partial charge on any atom is -0.398 e. The van der Waals surface area contributed by atoms with Crippen LogP contribution in [0.4, 0.5) is 11.4 Å². The van der Waals surface area contributed by atoms with E-state index >= 15 is 0 Å². The Balaban J connectivity index is 2.22. The Morgan fingerprint density at radius 2 is 2.16 bits per heavy atom. The van der Waals surface area contributed by atoms with Gasteiger partial charge in [-0.05, 0) is 25.1 Å². The third kappa shape index (κ3) is 2.76. The molecule has 2 aromatic rings. The molecule has 1 aromatic heterocycles. The van der Waals surface area contributed by atoms with E-state index < -0.39 is 0 Å². The monoisotopic (exact) mass is 258 g/mol. The number of amides is 1. The van der Waals surface area contributed by atoms with E-state index in [1.165, 1.54) is 0 Å². The summed E-state index contributed by atoms with van der Waals surface area (Å²) in [6.07, 6.45) is 3.45. The van der Waals surface area contributed by atoms with Gasteiger partial charge >= 0.3 is 0 Å². The molecule has 0 spiro atoms. The van der Waals surface area contributed by atoms with Crippen molar-refractivity contribution in [1.82, 2.24) is 9.88 Å². The quantitative estimate of drug-likeness (QED) is 0.819. The van der Waals surface area contributed by atoms with E-state index in [1.54, 1.807) is 24.3 Å². The van der Waals surface area contributed by atoms with Crippen LogP contribution in [0.1, 0.15) is 6.92 Å². The molecule has 1 aromatic carbocycles. The van der Waals surface area contributed by atoms with Gasteiger partial charge in [-0.25, -0.2) is 0 Å². The molecule has 2 rings (SSSR count). The number of likely N-dealkylation sites (N-methyl/N-ethyl adjacent to an activating group) is 1. The molecule has 5 nitrogen and oxygen atoms in total. The number of carbonyl (C=O) groups is 1. The zero-order chi connectivity index (χ0) is 13.8.